The molecule has 2 heterocycles. The molecule has 2 bridgehead atoms. The molecule has 1 aliphatic carbocycles. The maximum Gasteiger partial charge on any atom is 0.0116 e. The molecule has 3 rings (SSSR count). The van der Waals surface area contributed by atoms with Gasteiger partial charge in [0.2, 0.25) is 0 Å². The minimum absolute atomic E-state index is 0.805. The second kappa shape index (κ2) is 6.13. The SMILES string of the molecule is CCNC1CC2CCCC(C1)N2C1CCC(C)CC1. The Kier molecular flexibility index (Phi) is 4.48. The van der Waals surface area contributed by atoms with E-state index in [2.05, 4.69) is 24.1 Å². The highest BCUT2D eigenvalue weighted by Gasteiger charge is 2.41. The number of hydrogen-bond acceptors (Lipinski definition) is 2. The molecule has 1 saturated carbocycles. The number of piperidine rings is 2. The third kappa shape index (κ3) is 3.00. The summed E-state index contributed by atoms with van der Waals surface area (Å²) < 4.78 is 0. The van der Waals surface area contributed by atoms with E-state index in [1.807, 2.05) is 0 Å². The van der Waals surface area contributed by atoms with E-state index in [1.165, 1.54) is 57.8 Å². The zero-order valence-electron chi connectivity index (χ0n) is 12.9. The fourth-order valence-electron chi connectivity index (χ4n) is 5.01. The molecule has 2 heteroatoms. The predicted molar refractivity (Wildman–Crippen MR) is 81.4 cm³/mol. The molecule has 2 saturated heterocycles. The molecule has 2 unspecified atom stereocenters. The summed E-state index contributed by atoms with van der Waals surface area (Å²) in [5, 5.41) is 3.72. The zero-order chi connectivity index (χ0) is 13.2. The summed E-state index contributed by atoms with van der Waals surface area (Å²) in [6.45, 7) is 5.84. The highest BCUT2D eigenvalue weighted by molar-refractivity contribution is 4.98. The molecule has 3 fully saturated rings. The van der Waals surface area contributed by atoms with Crippen molar-refractivity contribution < 1.29 is 0 Å². The Labute approximate surface area is 119 Å². The Hall–Kier alpha value is -0.0800. The molecule has 2 atom stereocenters. The maximum absolute atomic E-state index is 3.72. The first-order valence-electron chi connectivity index (χ1n) is 8.78. The summed E-state index contributed by atoms with van der Waals surface area (Å²) in [7, 11) is 0. The first-order chi connectivity index (χ1) is 9.28. The van der Waals surface area contributed by atoms with Gasteiger partial charge < -0.3 is 5.32 Å². The van der Waals surface area contributed by atoms with Gasteiger partial charge in [0, 0.05) is 24.2 Å². The Morgan fingerprint density at radius 1 is 0.895 bits per heavy atom. The summed E-state index contributed by atoms with van der Waals surface area (Å²) in [6, 6.07) is 3.53. The minimum Gasteiger partial charge on any atom is -0.314 e. The van der Waals surface area contributed by atoms with Gasteiger partial charge in [-0.3, -0.25) is 4.90 Å². The standard InChI is InChI=1S/C17H32N2/c1-3-18-14-11-16-5-4-6-17(12-14)19(16)15-9-7-13(2)8-10-15/h13-18H,3-12H2,1-2H3. The van der Waals surface area contributed by atoms with Crippen LogP contribution in [0.1, 0.15) is 71.6 Å². The highest BCUT2D eigenvalue weighted by atomic mass is 15.2. The molecule has 0 spiro atoms. The lowest BCUT2D eigenvalue weighted by molar-refractivity contribution is -0.0255. The van der Waals surface area contributed by atoms with Crippen molar-refractivity contribution in [2.45, 2.75) is 95.8 Å². The van der Waals surface area contributed by atoms with Gasteiger partial charge in [0.05, 0.1) is 0 Å². The Bertz CT molecular complexity index is 269. The van der Waals surface area contributed by atoms with Crippen molar-refractivity contribution in [3.8, 4) is 0 Å². The summed E-state index contributed by atoms with van der Waals surface area (Å²) in [6.07, 6.45) is 13.1. The highest BCUT2D eigenvalue weighted by Crippen LogP contribution is 2.39. The average molecular weight is 264 g/mol. The van der Waals surface area contributed by atoms with Crippen LogP contribution in [0.25, 0.3) is 0 Å². The summed E-state index contributed by atoms with van der Waals surface area (Å²) in [4.78, 5) is 2.99. The van der Waals surface area contributed by atoms with E-state index in [9.17, 15) is 0 Å². The van der Waals surface area contributed by atoms with Crippen LogP contribution in [0.3, 0.4) is 0 Å². The number of hydrogen-bond donors (Lipinski definition) is 1. The zero-order valence-corrected chi connectivity index (χ0v) is 12.9. The van der Waals surface area contributed by atoms with Crippen molar-refractivity contribution in [2.75, 3.05) is 6.54 Å². The molecule has 2 aliphatic heterocycles. The van der Waals surface area contributed by atoms with Gasteiger partial charge in [0.15, 0.2) is 0 Å². The molecule has 1 N–H and O–H groups in total. The van der Waals surface area contributed by atoms with Crippen LogP contribution < -0.4 is 5.32 Å². The van der Waals surface area contributed by atoms with Crippen LogP contribution in [0.15, 0.2) is 0 Å². The van der Waals surface area contributed by atoms with E-state index in [4.69, 9.17) is 0 Å². The Balaban J connectivity index is 1.65. The average Bonchev–Trinajstić information content (AvgIpc) is 2.39. The van der Waals surface area contributed by atoms with Gasteiger partial charge in [0.1, 0.15) is 0 Å². The van der Waals surface area contributed by atoms with Gasteiger partial charge >= 0.3 is 0 Å². The normalized spacial score (nSPS) is 44.2. The van der Waals surface area contributed by atoms with E-state index in [0.29, 0.717) is 0 Å². The lowest BCUT2D eigenvalue weighted by Crippen LogP contribution is -2.60. The fourth-order valence-corrected chi connectivity index (χ4v) is 5.01. The third-order valence-corrected chi connectivity index (χ3v) is 5.93. The molecule has 0 amide bonds. The first-order valence-corrected chi connectivity index (χ1v) is 8.78. The van der Waals surface area contributed by atoms with Gasteiger partial charge in [-0.1, -0.05) is 20.3 Å². The molecule has 3 aliphatic rings. The van der Waals surface area contributed by atoms with Crippen molar-refractivity contribution in [1.29, 1.82) is 0 Å². The summed E-state index contributed by atoms with van der Waals surface area (Å²) >= 11 is 0. The minimum atomic E-state index is 0.805. The molecular formula is C17H32N2. The molecule has 0 aromatic heterocycles. The lowest BCUT2D eigenvalue weighted by atomic mass is 9.77. The maximum atomic E-state index is 3.72. The molecule has 0 aromatic carbocycles. The number of nitrogens with one attached hydrogen (secondary N) is 1. The summed E-state index contributed by atoms with van der Waals surface area (Å²) in [5.74, 6) is 0.982. The van der Waals surface area contributed by atoms with E-state index in [0.717, 1.165) is 36.6 Å². The van der Waals surface area contributed by atoms with Crippen LogP contribution in [0.5, 0.6) is 0 Å². The quantitative estimate of drug-likeness (QED) is 0.838. The Morgan fingerprint density at radius 3 is 2.11 bits per heavy atom. The molecule has 0 aromatic rings. The summed E-state index contributed by atoms with van der Waals surface area (Å²) in [5.41, 5.74) is 0. The molecule has 0 radical (unpaired) electrons. The molecular weight excluding hydrogens is 232 g/mol. The monoisotopic (exact) mass is 264 g/mol. The second-order valence-electron chi connectivity index (χ2n) is 7.33. The van der Waals surface area contributed by atoms with Crippen molar-refractivity contribution in [3.63, 3.8) is 0 Å². The predicted octanol–water partition coefficient (Wildman–Crippen LogP) is 3.56. The van der Waals surface area contributed by atoms with Crippen molar-refractivity contribution in [3.05, 3.63) is 0 Å². The van der Waals surface area contributed by atoms with Gasteiger partial charge in [-0.2, -0.15) is 0 Å². The first kappa shape index (κ1) is 13.9. The van der Waals surface area contributed by atoms with Crippen molar-refractivity contribution in [2.24, 2.45) is 5.92 Å². The van der Waals surface area contributed by atoms with Crippen molar-refractivity contribution in [1.82, 2.24) is 10.2 Å². The number of nitrogens with zero attached hydrogens (tertiary/aromatic N) is 1. The molecule has 19 heavy (non-hydrogen) atoms. The van der Waals surface area contributed by atoms with Crippen LogP contribution in [0, 0.1) is 5.92 Å². The van der Waals surface area contributed by atoms with Crippen LogP contribution >= 0.6 is 0 Å². The number of fused-ring (bicyclic) bond motifs is 2. The third-order valence-electron chi connectivity index (χ3n) is 5.93. The second-order valence-corrected chi connectivity index (χ2v) is 7.33. The van der Waals surface area contributed by atoms with Gasteiger partial charge in [-0.25, -0.2) is 0 Å². The van der Waals surface area contributed by atoms with Crippen LogP contribution in [-0.4, -0.2) is 35.6 Å². The number of rotatable bonds is 3. The van der Waals surface area contributed by atoms with Gasteiger partial charge in [-0.15, -0.1) is 0 Å². The topological polar surface area (TPSA) is 15.3 Å². The van der Waals surface area contributed by atoms with Crippen LogP contribution in [0.2, 0.25) is 0 Å². The van der Waals surface area contributed by atoms with Crippen LogP contribution in [-0.2, 0) is 0 Å². The smallest absolute Gasteiger partial charge is 0.0116 e. The van der Waals surface area contributed by atoms with Crippen molar-refractivity contribution >= 4 is 0 Å². The van der Waals surface area contributed by atoms with E-state index < -0.39 is 0 Å². The van der Waals surface area contributed by atoms with Crippen LogP contribution in [0.4, 0.5) is 0 Å². The lowest BCUT2D eigenvalue weighted by Gasteiger charge is -2.53. The molecule has 110 valence electrons. The van der Waals surface area contributed by atoms with Gasteiger partial charge in [0.25, 0.3) is 0 Å². The van der Waals surface area contributed by atoms with E-state index in [-0.39, 0.29) is 0 Å². The molecule has 2 nitrogen and oxygen atoms in total. The fraction of sp³-hybridized carbons (Fsp3) is 1.00. The van der Waals surface area contributed by atoms with Gasteiger partial charge in [-0.05, 0) is 63.8 Å². The van der Waals surface area contributed by atoms with E-state index in [1.54, 1.807) is 0 Å². The van der Waals surface area contributed by atoms with E-state index >= 15 is 0 Å². The largest absolute Gasteiger partial charge is 0.314 e. The Morgan fingerprint density at radius 2 is 1.53 bits per heavy atom.